The van der Waals surface area contributed by atoms with Gasteiger partial charge in [-0.2, -0.15) is 0 Å². The van der Waals surface area contributed by atoms with Gasteiger partial charge in [0.1, 0.15) is 0 Å². The maximum absolute atomic E-state index is 3.92. The molecule has 84 valence electrons. The first-order chi connectivity index (χ1) is 6.79. The van der Waals surface area contributed by atoms with Crippen LogP contribution in [-0.4, -0.2) is 20.9 Å². The van der Waals surface area contributed by atoms with Crippen LogP contribution < -0.4 is 5.32 Å². The van der Waals surface area contributed by atoms with Gasteiger partial charge in [-0.05, 0) is 30.9 Å². The predicted molar refractivity (Wildman–Crippen MR) is 61.6 cm³/mol. The van der Waals surface area contributed by atoms with Crippen LogP contribution in [0.5, 0.6) is 0 Å². The number of rotatable bonds is 3. The van der Waals surface area contributed by atoms with E-state index >= 15 is 0 Å². The lowest BCUT2D eigenvalue weighted by molar-refractivity contribution is 0.302. The number of hydrogen-bond donors (Lipinski definition) is 1. The lowest BCUT2D eigenvalue weighted by Crippen LogP contribution is -2.35. The van der Waals surface area contributed by atoms with Crippen LogP contribution in [0.4, 0.5) is 5.82 Å². The van der Waals surface area contributed by atoms with Crippen LogP contribution in [0.2, 0.25) is 0 Å². The number of aromatic nitrogens is 3. The minimum atomic E-state index is 0.00822. The minimum Gasteiger partial charge on any atom is -0.364 e. The molecule has 0 aliphatic heterocycles. The Bertz CT molecular complexity index is 300. The molecule has 0 spiro atoms. The van der Waals surface area contributed by atoms with Crippen molar-refractivity contribution < 1.29 is 0 Å². The van der Waals surface area contributed by atoms with Crippen LogP contribution in [0, 0.1) is 5.41 Å². The summed E-state index contributed by atoms with van der Waals surface area (Å²) in [5.41, 5.74) is 0.297. The van der Waals surface area contributed by atoms with Crippen LogP contribution in [0.15, 0.2) is 12.3 Å². The molecule has 0 saturated heterocycles. The monoisotopic (exact) mass is 208 g/mol. The van der Waals surface area contributed by atoms with Crippen molar-refractivity contribution in [1.82, 2.24) is 15.4 Å². The van der Waals surface area contributed by atoms with Gasteiger partial charge in [-0.1, -0.05) is 20.8 Å². The molecule has 1 N–H and O–H groups in total. The summed E-state index contributed by atoms with van der Waals surface area (Å²) in [5, 5.41) is 14.5. The molecule has 15 heavy (non-hydrogen) atoms. The summed E-state index contributed by atoms with van der Waals surface area (Å²) in [6.45, 7) is 11.0. The first kappa shape index (κ1) is 11.9. The largest absolute Gasteiger partial charge is 0.364 e. The third-order valence-corrected chi connectivity index (χ3v) is 1.94. The Balaban J connectivity index is 2.65. The molecule has 0 aliphatic carbocycles. The SMILES string of the molecule is CC(C)(C)CC(C)(C)Nc1ccnnn1. The van der Waals surface area contributed by atoms with Gasteiger partial charge in [-0.25, -0.2) is 0 Å². The Hall–Kier alpha value is -1.19. The van der Waals surface area contributed by atoms with Crippen LogP contribution >= 0.6 is 0 Å². The normalized spacial score (nSPS) is 12.6. The Morgan fingerprint density at radius 2 is 1.87 bits per heavy atom. The lowest BCUT2D eigenvalue weighted by atomic mass is 9.82. The van der Waals surface area contributed by atoms with E-state index in [9.17, 15) is 0 Å². The zero-order valence-corrected chi connectivity index (χ0v) is 10.2. The fraction of sp³-hybridized carbons (Fsp3) is 0.727. The minimum absolute atomic E-state index is 0.00822. The van der Waals surface area contributed by atoms with Crippen molar-refractivity contribution in [3.05, 3.63) is 12.3 Å². The van der Waals surface area contributed by atoms with Gasteiger partial charge in [0, 0.05) is 11.6 Å². The Morgan fingerprint density at radius 1 is 1.20 bits per heavy atom. The zero-order valence-electron chi connectivity index (χ0n) is 10.2. The van der Waals surface area contributed by atoms with Crippen LogP contribution in [0.3, 0.4) is 0 Å². The molecule has 0 radical (unpaired) electrons. The summed E-state index contributed by atoms with van der Waals surface area (Å²) < 4.78 is 0. The van der Waals surface area contributed by atoms with E-state index in [1.54, 1.807) is 6.20 Å². The van der Waals surface area contributed by atoms with Gasteiger partial charge in [0.25, 0.3) is 0 Å². The molecule has 0 aliphatic rings. The van der Waals surface area contributed by atoms with Crippen molar-refractivity contribution in [1.29, 1.82) is 0 Å². The van der Waals surface area contributed by atoms with Gasteiger partial charge in [0.2, 0.25) is 0 Å². The highest BCUT2D eigenvalue weighted by Crippen LogP contribution is 2.28. The second-order valence-electron chi connectivity index (χ2n) is 5.75. The fourth-order valence-electron chi connectivity index (χ4n) is 2.02. The van der Waals surface area contributed by atoms with Gasteiger partial charge < -0.3 is 5.32 Å². The van der Waals surface area contributed by atoms with Crippen molar-refractivity contribution in [3.63, 3.8) is 0 Å². The van der Waals surface area contributed by atoms with Gasteiger partial charge in [-0.3, -0.25) is 0 Å². The van der Waals surface area contributed by atoms with E-state index in [2.05, 4.69) is 55.3 Å². The Labute approximate surface area is 91.5 Å². The van der Waals surface area contributed by atoms with Crippen LogP contribution in [0.25, 0.3) is 0 Å². The Kier molecular flexibility index (Phi) is 3.27. The highest BCUT2D eigenvalue weighted by molar-refractivity contribution is 5.34. The fourth-order valence-corrected chi connectivity index (χ4v) is 2.02. The predicted octanol–water partition coefficient (Wildman–Crippen LogP) is 2.50. The summed E-state index contributed by atoms with van der Waals surface area (Å²) in [4.78, 5) is 0. The number of anilines is 1. The first-order valence-electron chi connectivity index (χ1n) is 5.21. The van der Waals surface area contributed by atoms with E-state index in [4.69, 9.17) is 0 Å². The molecule has 0 bridgehead atoms. The third-order valence-electron chi connectivity index (χ3n) is 1.94. The summed E-state index contributed by atoms with van der Waals surface area (Å²) in [7, 11) is 0. The smallest absolute Gasteiger partial charge is 0.152 e. The quantitative estimate of drug-likeness (QED) is 0.829. The molecule has 0 amide bonds. The van der Waals surface area contributed by atoms with Crippen molar-refractivity contribution in [2.45, 2.75) is 46.6 Å². The van der Waals surface area contributed by atoms with E-state index in [1.807, 2.05) is 6.07 Å². The molecule has 1 aromatic heterocycles. The highest BCUT2D eigenvalue weighted by atomic mass is 15.3. The van der Waals surface area contributed by atoms with Crippen molar-refractivity contribution >= 4 is 5.82 Å². The van der Waals surface area contributed by atoms with Crippen molar-refractivity contribution in [3.8, 4) is 0 Å². The summed E-state index contributed by atoms with van der Waals surface area (Å²) >= 11 is 0. The molecule has 4 nitrogen and oxygen atoms in total. The molecule has 0 atom stereocenters. The third kappa shape index (κ3) is 4.72. The number of nitrogens with one attached hydrogen (secondary N) is 1. The summed E-state index contributed by atoms with van der Waals surface area (Å²) in [5.74, 6) is 0.777. The van der Waals surface area contributed by atoms with Gasteiger partial charge >= 0.3 is 0 Å². The molecule has 1 heterocycles. The zero-order chi connectivity index (χ0) is 11.5. The van der Waals surface area contributed by atoms with E-state index in [0.717, 1.165) is 12.2 Å². The molecule has 0 unspecified atom stereocenters. The molecular formula is C11H20N4. The van der Waals surface area contributed by atoms with Crippen LogP contribution in [-0.2, 0) is 0 Å². The highest BCUT2D eigenvalue weighted by Gasteiger charge is 2.25. The van der Waals surface area contributed by atoms with E-state index in [1.165, 1.54) is 0 Å². The molecule has 0 aromatic carbocycles. The Morgan fingerprint density at radius 3 is 2.33 bits per heavy atom. The van der Waals surface area contributed by atoms with Crippen LogP contribution in [0.1, 0.15) is 41.0 Å². The average Bonchev–Trinajstić information content (AvgIpc) is 1.99. The summed E-state index contributed by atoms with van der Waals surface area (Å²) in [6, 6.07) is 1.83. The standard InChI is InChI=1S/C11H20N4/c1-10(2,3)8-11(4,5)13-9-6-7-12-15-14-9/h6-7H,8H2,1-5H3,(H,12,13,14). The van der Waals surface area contributed by atoms with Crippen molar-refractivity contribution in [2.75, 3.05) is 5.32 Å². The van der Waals surface area contributed by atoms with Crippen molar-refractivity contribution in [2.24, 2.45) is 5.41 Å². The maximum Gasteiger partial charge on any atom is 0.152 e. The molecule has 0 saturated carbocycles. The maximum atomic E-state index is 3.92. The van der Waals surface area contributed by atoms with Gasteiger partial charge in [-0.15, -0.1) is 10.2 Å². The number of hydrogen-bond acceptors (Lipinski definition) is 4. The summed E-state index contributed by atoms with van der Waals surface area (Å²) in [6.07, 6.45) is 2.70. The van der Waals surface area contributed by atoms with E-state index in [0.29, 0.717) is 0 Å². The second kappa shape index (κ2) is 4.13. The molecule has 4 heteroatoms. The average molecular weight is 208 g/mol. The first-order valence-corrected chi connectivity index (χ1v) is 5.21. The van der Waals surface area contributed by atoms with E-state index in [-0.39, 0.29) is 11.0 Å². The number of nitrogens with zero attached hydrogens (tertiary/aromatic N) is 3. The van der Waals surface area contributed by atoms with Gasteiger partial charge in [0.05, 0.1) is 6.20 Å². The molecule has 1 rings (SSSR count). The lowest BCUT2D eigenvalue weighted by Gasteiger charge is -2.33. The second-order valence-corrected chi connectivity index (χ2v) is 5.75. The molecular weight excluding hydrogens is 188 g/mol. The molecule has 1 aromatic rings. The van der Waals surface area contributed by atoms with Gasteiger partial charge in [0.15, 0.2) is 5.82 Å². The van der Waals surface area contributed by atoms with E-state index < -0.39 is 0 Å². The topological polar surface area (TPSA) is 50.7 Å². The molecule has 0 fully saturated rings.